The average Bonchev–Trinajstić information content (AvgIpc) is 2.19. The number of hydrogen-bond donors (Lipinski definition) is 0. The monoisotopic (exact) mass is 212 g/mol. The molecule has 0 aliphatic heterocycles. The van der Waals surface area contributed by atoms with Crippen LogP contribution >= 0.6 is 0 Å². The predicted octanol–water partition coefficient (Wildman–Crippen LogP) is 0.882. The molecule has 0 bridgehead atoms. The Morgan fingerprint density at radius 2 is 1.86 bits per heavy atom. The van der Waals surface area contributed by atoms with Gasteiger partial charge in [-0.3, -0.25) is 9.00 Å². The summed E-state index contributed by atoms with van der Waals surface area (Å²) in [5.74, 6) is -0.0658. The van der Waals surface area contributed by atoms with Gasteiger partial charge < -0.3 is 4.90 Å². The maximum Gasteiger partial charge on any atom is 0.235 e. The lowest BCUT2D eigenvalue weighted by atomic mass is 10.4. The maximum atomic E-state index is 11.6. The van der Waals surface area contributed by atoms with E-state index < -0.39 is 10.8 Å². The number of rotatable bonds is 3. The molecule has 0 aliphatic rings. The van der Waals surface area contributed by atoms with Crippen molar-refractivity contribution in [3.63, 3.8) is 0 Å². The number of nitrogens with zero attached hydrogens (tertiary/aromatic N) is 1. The molecule has 1 aromatic carbocycles. The highest BCUT2D eigenvalue weighted by Gasteiger charge is 2.10. The molecule has 0 N–H and O–H groups in total. The minimum atomic E-state index is -1.23. The van der Waals surface area contributed by atoms with Gasteiger partial charge in [0.05, 0.1) is 10.8 Å². The number of hydrogen-bond acceptors (Lipinski definition) is 2. The standard InChI is InChI=1S/C10H13NO2S/c1-11(2)10(12)8-14(13)9-6-4-3-5-7-9/h3-7H,8H2,1-2H3/i10+1. The van der Waals surface area contributed by atoms with E-state index in [2.05, 4.69) is 0 Å². The molecular formula is C10H13NO2S. The van der Waals surface area contributed by atoms with E-state index in [-0.39, 0.29) is 11.7 Å². The van der Waals surface area contributed by atoms with E-state index in [4.69, 9.17) is 0 Å². The Labute approximate surface area is 86.2 Å². The fourth-order valence-corrected chi connectivity index (χ4v) is 2.01. The highest BCUT2D eigenvalue weighted by molar-refractivity contribution is 7.85. The third-order valence-electron chi connectivity index (χ3n) is 1.76. The van der Waals surface area contributed by atoms with E-state index in [1.807, 2.05) is 18.2 Å². The summed E-state index contributed by atoms with van der Waals surface area (Å²) >= 11 is 0. The van der Waals surface area contributed by atoms with E-state index in [0.717, 1.165) is 0 Å². The largest absolute Gasteiger partial charge is 0.348 e. The molecule has 1 unspecified atom stereocenters. The van der Waals surface area contributed by atoms with Crippen molar-refractivity contribution in [2.75, 3.05) is 19.8 Å². The lowest BCUT2D eigenvalue weighted by Gasteiger charge is -2.09. The van der Waals surface area contributed by atoms with Crippen molar-refractivity contribution in [1.82, 2.24) is 4.90 Å². The van der Waals surface area contributed by atoms with E-state index in [1.165, 1.54) is 4.90 Å². The topological polar surface area (TPSA) is 37.4 Å². The number of amides is 1. The van der Waals surface area contributed by atoms with E-state index in [0.29, 0.717) is 4.90 Å². The van der Waals surface area contributed by atoms with Crippen LogP contribution in [0.4, 0.5) is 0 Å². The van der Waals surface area contributed by atoms with Crippen molar-refractivity contribution in [2.24, 2.45) is 0 Å². The zero-order valence-electron chi connectivity index (χ0n) is 8.27. The van der Waals surface area contributed by atoms with Crippen molar-refractivity contribution in [1.29, 1.82) is 0 Å². The summed E-state index contributed by atoms with van der Waals surface area (Å²) < 4.78 is 11.6. The highest BCUT2D eigenvalue weighted by Crippen LogP contribution is 2.05. The molecule has 3 nitrogen and oxygen atoms in total. The van der Waals surface area contributed by atoms with Gasteiger partial charge in [0.1, 0.15) is 5.75 Å². The molecule has 14 heavy (non-hydrogen) atoms. The molecule has 0 heterocycles. The van der Waals surface area contributed by atoms with Gasteiger partial charge in [0, 0.05) is 19.0 Å². The third-order valence-corrected chi connectivity index (χ3v) is 3.07. The quantitative estimate of drug-likeness (QED) is 0.698. The smallest absolute Gasteiger partial charge is 0.235 e. The van der Waals surface area contributed by atoms with Gasteiger partial charge in [0.25, 0.3) is 0 Å². The Kier molecular flexibility index (Phi) is 3.83. The van der Waals surface area contributed by atoms with Crippen LogP contribution in [-0.4, -0.2) is 34.9 Å². The second kappa shape index (κ2) is 4.91. The molecular weight excluding hydrogens is 199 g/mol. The molecule has 4 heteroatoms. The fraction of sp³-hybridized carbons (Fsp3) is 0.300. The number of carbonyl (C=O) groups excluding carboxylic acids is 1. The molecule has 1 amide bonds. The normalized spacial score (nSPS) is 12.1. The van der Waals surface area contributed by atoms with Gasteiger partial charge in [0.2, 0.25) is 5.91 Å². The van der Waals surface area contributed by atoms with Crippen LogP contribution < -0.4 is 0 Å². The SMILES string of the molecule is CN(C)[13C](=O)CS(=O)c1ccccc1. The maximum absolute atomic E-state index is 11.6. The summed E-state index contributed by atoms with van der Waals surface area (Å²) in [4.78, 5) is 13.4. The van der Waals surface area contributed by atoms with E-state index in [1.54, 1.807) is 26.2 Å². The molecule has 0 saturated heterocycles. The Balaban J connectivity index is 2.65. The second-order valence-electron chi connectivity index (χ2n) is 3.09. The van der Waals surface area contributed by atoms with E-state index >= 15 is 0 Å². The first-order valence-electron chi connectivity index (χ1n) is 4.25. The van der Waals surface area contributed by atoms with Gasteiger partial charge in [-0.15, -0.1) is 0 Å². The molecule has 76 valence electrons. The van der Waals surface area contributed by atoms with Gasteiger partial charge >= 0.3 is 0 Å². The highest BCUT2D eigenvalue weighted by atomic mass is 32.2. The zero-order valence-corrected chi connectivity index (χ0v) is 9.08. The summed E-state index contributed by atoms with van der Waals surface area (Å²) in [6.45, 7) is 0. The Bertz CT molecular complexity index is 335. The minimum absolute atomic E-state index is 0.0526. The molecule has 0 spiro atoms. The first-order valence-corrected chi connectivity index (χ1v) is 5.56. The average molecular weight is 212 g/mol. The molecule has 0 aromatic heterocycles. The second-order valence-corrected chi connectivity index (χ2v) is 4.54. The van der Waals surface area contributed by atoms with Gasteiger partial charge in [-0.2, -0.15) is 0 Å². The van der Waals surface area contributed by atoms with Crippen LogP contribution in [0.1, 0.15) is 0 Å². The predicted molar refractivity (Wildman–Crippen MR) is 56.4 cm³/mol. The lowest BCUT2D eigenvalue weighted by Crippen LogP contribution is -2.26. The van der Waals surface area contributed by atoms with Crippen LogP contribution in [0.3, 0.4) is 0 Å². The van der Waals surface area contributed by atoms with Gasteiger partial charge in [-0.25, -0.2) is 0 Å². The summed E-state index contributed by atoms with van der Waals surface area (Å²) in [5.41, 5.74) is 0. The zero-order chi connectivity index (χ0) is 10.6. The van der Waals surface area contributed by atoms with Crippen molar-refractivity contribution in [3.05, 3.63) is 30.3 Å². The van der Waals surface area contributed by atoms with Crippen molar-refractivity contribution in [3.8, 4) is 0 Å². The van der Waals surface area contributed by atoms with E-state index in [9.17, 15) is 9.00 Å². The molecule has 0 saturated carbocycles. The van der Waals surface area contributed by atoms with Crippen LogP contribution in [0.25, 0.3) is 0 Å². The molecule has 1 atom stereocenters. The fourth-order valence-electron chi connectivity index (χ4n) is 0.897. The summed E-state index contributed by atoms with van der Waals surface area (Å²) in [6, 6.07) is 9.01. The Hall–Kier alpha value is -1.16. The summed E-state index contributed by atoms with van der Waals surface area (Å²) in [6.07, 6.45) is 0. The van der Waals surface area contributed by atoms with Crippen LogP contribution in [-0.2, 0) is 15.6 Å². The summed E-state index contributed by atoms with van der Waals surface area (Å²) in [7, 11) is 2.09. The van der Waals surface area contributed by atoms with Crippen molar-refractivity contribution >= 4 is 16.7 Å². The lowest BCUT2D eigenvalue weighted by molar-refractivity contribution is -0.125. The van der Waals surface area contributed by atoms with Crippen molar-refractivity contribution in [2.45, 2.75) is 4.90 Å². The minimum Gasteiger partial charge on any atom is -0.348 e. The Morgan fingerprint density at radius 1 is 1.29 bits per heavy atom. The van der Waals surface area contributed by atoms with Gasteiger partial charge in [-0.05, 0) is 12.1 Å². The molecule has 1 aromatic rings. The molecule has 1 rings (SSSR count). The van der Waals surface area contributed by atoms with Gasteiger partial charge in [-0.1, -0.05) is 18.2 Å². The molecule has 0 fully saturated rings. The van der Waals surface area contributed by atoms with Crippen LogP contribution in [0.5, 0.6) is 0 Å². The van der Waals surface area contributed by atoms with Crippen LogP contribution in [0.2, 0.25) is 0 Å². The van der Waals surface area contributed by atoms with Crippen molar-refractivity contribution < 1.29 is 9.00 Å². The number of carbonyl (C=O) groups is 1. The first kappa shape index (κ1) is 10.9. The molecule has 0 radical (unpaired) electrons. The number of benzene rings is 1. The Morgan fingerprint density at radius 3 is 2.36 bits per heavy atom. The van der Waals surface area contributed by atoms with Gasteiger partial charge in [0.15, 0.2) is 0 Å². The first-order chi connectivity index (χ1) is 6.61. The summed E-state index contributed by atoms with van der Waals surface area (Å²) in [5, 5.41) is 0. The van der Waals surface area contributed by atoms with Crippen LogP contribution in [0, 0.1) is 0 Å². The third kappa shape index (κ3) is 2.96. The van der Waals surface area contributed by atoms with Crippen LogP contribution in [0.15, 0.2) is 35.2 Å². The molecule has 0 aliphatic carbocycles.